The van der Waals surface area contributed by atoms with Crippen molar-refractivity contribution in [2.45, 2.75) is 13.3 Å². The first kappa shape index (κ1) is 26.9. The largest absolute Gasteiger partial charge is 0.573 e. The highest BCUT2D eigenvalue weighted by molar-refractivity contribution is 6.23. The number of carbonyl (C=O) groups excluding carboxylic acids is 2. The summed E-state index contributed by atoms with van der Waals surface area (Å²) in [4.78, 5) is 25.1. The Bertz CT molecular complexity index is 1320. The molecule has 0 bridgehead atoms. The van der Waals surface area contributed by atoms with Crippen molar-refractivity contribution in [2.75, 3.05) is 25.2 Å². The first-order valence-electron chi connectivity index (χ1n) is 10.8. The Morgan fingerprint density at radius 2 is 1.65 bits per heavy atom. The van der Waals surface area contributed by atoms with Crippen LogP contribution in [-0.2, 0) is 9.53 Å². The molecule has 0 heterocycles. The number of halogens is 3. The molecule has 0 aromatic heterocycles. The number of hydrogen-bond acceptors (Lipinski definition) is 8. The normalized spacial score (nSPS) is 11.5. The Labute approximate surface area is 210 Å². The predicted molar refractivity (Wildman–Crippen MR) is 131 cm³/mol. The minimum absolute atomic E-state index is 0.0567. The number of anilines is 2. The SMILES string of the molecule is CCOC(=O)C(=Cc1ccc(OC(=O)c2ccc(OC(F)(F)F)c(OC)c2)cc1)c1ccc(N)cc1N. The first-order valence-corrected chi connectivity index (χ1v) is 10.8. The van der Waals surface area contributed by atoms with Crippen LogP contribution >= 0.6 is 0 Å². The summed E-state index contributed by atoms with van der Waals surface area (Å²) in [5.41, 5.74) is 13.7. The molecule has 8 nitrogen and oxygen atoms in total. The van der Waals surface area contributed by atoms with Gasteiger partial charge in [0.15, 0.2) is 11.5 Å². The number of esters is 2. The number of nitrogens with two attached hydrogens (primary N) is 2. The van der Waals surface area contributed by atoms with E-state index in [0.717, 1.165) is 25.3 Å². The molecule has 0 atom stereocenters. The second-order valence-electron chi connectivity index (χ2n) is 7.50. The summed E-state index contributed by atoms with van der Waals surface area (Å²) in [6.45, 7) is 1.84. The second kappa shape index (κ2) is 11.4. The quantitative estimate of drug-likeness (QED) is 0.140. The Morgan fingerprint density at radius 1 is 0.946 bits per heavy atom. The highest BCUT2D eigenvalue weighted by Crippen LogP contribution is 2.33. The van der Waals surface area contributed by atoms with Crippen LogP contribution in [0.1, 0.15) is 28.4 Å². The van der Waals surface area contributed by atoms with Gasteiger partial charge in [0.05, 0.1) is 24.9 Å². The van der Waals surface area contributed by atoms with Gasteiger partial charge in [0.25, 0.3) is 0 Å². The van der Waals surface area contributed by atoms with Gasteiger partial charge in [0, 0.05) is 16.9 Å². The molecule has 0 saturated carbocycles. The maximum atomic E-state index is 12.6. The summed E-state index contributed by atoms with van der Waals surface area (Å²) in [6.07, 6.45) is -3.35. The van der Waals surface area contributed by atoms with E-state index >= 15 is 0 Å². The molecule has 4 N–H and O–H groups in total. The summed E-state index contributed by atoms with van der Waals surface area (Å²) in [5.74, 6) is -2.15. The predicted octanol–water partition coefficient (Wildman–Crippen LogP) is 5.08. The molecule has 3 aromatic rings. The molecule has 0 saturated heterocycles. The summed E-state index contributed by atoms with van der Waals surface area (Å²) in [7, 11) is 1.14. The number of rotatable bonds is 8. The van der Waals surface area contributed by atoms with Crippen LogP contribution in [0.2, 0.25) is 0 Å². The molecule has 37 heavy (non-hydrogen) atoms. The lowest BCUT2D eigenvalue weighted by atomic mass is 10.0. The molecule has 0 aliphatic heterocycles. The van der Waals surface area contributed by atoms with Gasteiger partial charge in [-0.1, -0.05) is 12.1 Å². The number of carbonyl (C=O) groups is 2. The number of hydrogen-bond donors (Lipinski definition) is 2. The van der Waals surface area contributed by atoms with Gasteiger partial charge in [-0.05, 0) is 67.1 Å². The van der Waals surface area contributed by atoms with Gasteiger partial charge in [-0.25, -0.2) is 9.59 Å². The molecule has 11 heteroatoms. The third-order valence-corrected chi connectivity index (χ3v) is 4.89. The van der Waals surface area contributed by atoms with Gasteiger partial charge >= 0.3 is 18.3 Å². The van der Waals surface area contributed by atoms with Gasteiger partial charge in [-0.2, -0.15) is 0 Å². The average Bonchev–Trinajstić information content (AvgIpc) is 2.83. The van der Waals surface area contributed by atoms with E-state index in [9.17, 15) is 22.8 Å². The first-order chi connectivity index (χ1) is 17.5. The van der Waals surface area contributed by atoms with E-state index < -0.39 is 24.1 Å². The second-order valence-corrected chi connectivity index (χ2v) is 7.50. The van der Waals surface area contributed by atoms with E-state index in [1.54, 1.807) is 37.3 Å². The topological polar surface area (TPSA) is 123 Å². The van der Waals surface area contributed by atoms with E-state index in [-0.39, 0.29) is 29.2 Å². The molecular weight excluding hydrogens is 493 g/mol. The van der Waals surface area contributed by atoms with Gasteiger partial charge < -0.3 is 30.4 Å². The molecule has 0 amide bonds. The fourth-order valence-electron chi connectivity index (χ4n) is 3.25. The molecule has 0 aliphatic carbocycles. The van der Waals surface area contributed by atoms with E-state index in [4.69, 9.17) is 25.7 Å². The van der Waals surface area contributed by atoms with Crippen LogP contribution in [0.25, 0.3) is 11.6 Å². The molecule has 0 radical (unpaired) electrons. The fourth-order valence-corrected chi connectivity index (χ4v) is 3.25. The van der Waals surface area contributed by atoms with E-state index in [1.807, 2.05) is 0 Å². The van der Waals surface area contributed by atoms with Crippen molar-refractivity contribution < 1.29 is 41.7 Å². The Balaban J connectivity index is 1.81. The average molecular weight is 516 g/mol. The summed E-state index contributed by atoms with van der Waals surface area (Å²) < 4.78 is 56.8. The van der Waals surface area contributed by atoms with Crippen LogP contribution in [0.5, 0.6) is 17.2 Å². The number of methoxy groups -OCH3 is 1. The van der Waals surface area contributed by atoms with Crippen molar-refractivity contribution in [3.8, 4) is 17.2 Å². The zero-order valence-corrected chi connectivity index (χ0v) is 19.8. The van der Waals surface area contributed by atoms with Crippen LogP contribution in [0, 0.1) is 0 Å². The van der Waals surface area contributed by atoms with Crippen molar-refractivity contribution >= 4 is 35.0 Å². The van der Waals surface area contributed by atoms with Crippen molar-refractivity contribution in [3.05, 3.63) is 77.4 Å². The highest BCUT2D eigenvalue weighted by Gasteiger charge is 2.32. The van der Waals surface area contributed by atoms with Crippen LogP contribution in [-0.4, -0.2) is 32.0 Å². The van der Waals surface area contributed by atoms with Crippen molar-refractivity contribution in [3.63, 3.8) is 0 Å². The van der Waals surface area contributed by atoms with Crippen LogP contribution in [0.4, 0.5) is 24.5 Å². The van der Waals surface area contributed by atoms with Crippen molar-refractivity contribution in [2.24, 2.45) is 0 Å². The maximum absolute atomic E-state index is 12.6. The Kier molecular flexibility index (Phi) is 8.28. The molecule has 3 aromatic carbocycles. The smallest absolute Gasteiger partial charge is 0.493 e. The maximum Gasteiger partial charge on any atom is 0.573 e. The van der Waals surface area contributed by atoms with Crippen molar-refractivity contribution in [1.82, 2.24) is 0 Å². The minimum atomic E-state index is -4.92. The van der Waals surface area contributed by atoms with Crippen LogP contribution in [0.3, 0.4) is 0 Å². The van der Waals surface area contributed by atoms with Gasteiger partial charge in [-0.15, -0.1) is 13.2 Å². The lowest BCUT2D eigenvalue weighted by Gasteiger charge is -2.13. The third-order valence-electron chi connectivity index (χ3n) is 4.89. The lowest BCUT2D eigenvalue weighted by Crippen LogP contribution is -2.18. The Morgan fingerprint density at radius 3 is 2.24 bits per heavy atom. The number of nitrogen functional groups attached to an aromatic ring is 2. The number of alkyl halides is 3. The highest BCUT2D eigenvalue weighted by atomic mass is 19.4. The third kappa shape index (κ3) is 7.17. The molecule has 0 fully saturated rings. The fraction of sp³-hybridized carbons (Fsp3) is 0.154. The van der Waals surface area contributed by atoms with Crippen LogP contribution < -0.4 is 25.7 Å². The molecule has 0 aliphatic rings. The Hall–Kier alpha value is -4.67. The summed E-state index contributed by atoms with van der Waals surface area (Å²) in [5, 5.41) is 0. The van der Waals surface area contributed by atoms with Gasteiger partial charge in [-0.3, -0.25) is 0 Å². The monoisotopic (exact) mass is 516 g/mol. The van der Waals surface area contributed by atoms with Gasteiger partial charge in [0.2, 0.25) is 0 Å². The van der Waals surface area contributed by atoms with E-state index in [2.05, 4.69) is 4.74 Å². The number of benzene rings is 3. The number of ether oxygens (including phenoxy) is 4. The van der Waals surface area contributed by atoms with E-state index in [1.165, 1.54) is 18.2 Å². The van der Waals surface area contributed by atoms with Gasteiger partial charge in [0.1, 0.15) is 5.75 Å². The standard InChI is InChI=1S/C26H23F3N2O6/c1-3-35-25(33)20(19-10-7-17(30)14-21(19)31)12-15-4-8-18(9-5-15)36-24(32)16-6-11-22(23(13-16)34-2)37-26(27,28)29/h4-14H,3,30-31H2,1-2H3. The van der Waals surface area contributed by atoms with Crippen molar-refractivity contribution in [1.29, 1.82) is 0 Å². The molecule has 0 spiro atoms. The summed E-state index contributed by atoms with van der Waals surface area (Å²) >= 11 is 0. The zero-order chi connectivity index (χ0) is 27.2. The molecular formula is C26H23F3N2O6. The molecule has 194 valence electrons. The summed E-state index contributed by atoms with van der Waals surface area (Å²) in [6, 6.07) is 14.1. The van der Waals surface area contributed by atoms with Crippen LogP contribution in [0.15, 0.2) is 60.7 Å². The molecule has 3 rings (SSSR count). The zero-order valence-electron chi connectivity index (χ0n) is 19.8. The molecule has 0 unspecified atom stereocenters. The lowest BCUT2D eigenvalue weighted by molar-refractivity contribution is -0.275. The van der Waals surface area contributed by atoms with E-state index in [0.29, 0.717) is 22.5 Å². The minimum Gasteiger partial charge on any atom is -0.493 e.